The van der Waals surface area contributed by atoms with Crippen molar-refractivity contribution in [1.82, 2.24) is 5.32 Å². The van der Waals surface area contributed by atoms with Gasteiger partial charge in [-0.3, -0.25) is 4.79 Å². The second kappa shape index (κ2) is 6.07. The van der Waals surface area contributed by atoms with E-state index in [0.717, 1.165) is 0 Å². The highest BCUT2D eigenvalue weighted by Gasteiger charge is 2.19. The van der Waals surface area contributed by atoms with Crippen molar-refractivity contribution in [2.75, 3.05) is 5.73 Å². The van der Waals surface area contributed by atoms with E-state index in [1.54, 1.807) is 0 Å². The average Bonchev–Trinajstić information content (AvgIpc) is 2.26. The van der Waals surface area contributed by atoms with Gasteiger partial charge < -0.3 is 16.2 Å². The van der Waals surface area contributed by atoms with Gasteiger partial charge in [-0.15, -0.1) is 6.58 Å². The predicted octanol–water partition coefficient (Wildman–Crippen LogP) is 1.68. The largest absolute Gasteiger partial charge is 0.480 e. The highest BCUT2D eigenvalue weighted by Crippen LogP contribution is 2.16. The van der Waals surface area contributed by atoms with Crippen LogP contribution in [0.1, 0.15) is 16.8 Å². The third kappa shape index (κ3) is 3.78. The minimum atomic E-state index is -1.13. The van der Waals surface area contributed by atoms with Crippen LogP contribution in [-0.2, 0) is 4.79 Å². The molecule has 96 valence electrons. The Morgan fingerprint density at radius 3 is 2.67 bits per heavy atom. The van der Waals surface area contributed by atoms with Crippen LogP contribution in [0.3, 0.4) is 0 Å². The van der Waals surface area contributed by atoms with Crippen molar-refractivity contribution >= 4 is 29.2 Å². The molecular formula is C12H13ClN2O3. The number of hydrogen-bond acceptors (Lipinski definition) is 3. The van der Waals surface area contributed by atoms with Gasteiger partial charge in [0.15, 0.2) is 0 Å². The number of rotatable bonds is 5. The molecule has 5 nitrogen and oxygen atoms in total. The number of nitrogens with two attached hydrogens (primary N) is 1. The van der Waals surface area contributed by atoms with Crippen LogP contribution in [0.4, 0.5) is 5.69 Å². The van der Waals surface area contributed by atoms with Crippen LogP contribution in [0, 0.1) is 0 Å². The fraction of sp³-hybridized carbons (Fsp3) is 0.167. The number of aliphatic carboxylic acids is 1. The van der Waals surface area contributed by atoms with Crippen LogP contribution in [-0.4, -0.2) is 23.0 Å². The first-order valence-corrected chi connectivity index (χ1v) is 5.52. The molecule has 0 saturated carbocycles. The van der Waals surface area contributed by atoms with Gasteiger partial charge in [-0.2, -0.15) is 0 Å². The Labute approximate surface area is 109 Å². The summed E-state index contributed by atoms with van der Waals surface area (Å²) >= 11 is 5.76. The van der Waals surface area contributed by atoms with Crippen molar-refractivity contribution in [1.29, 1.82) is 0 Å². The summed E-state index contributed by atoms with van der Waals surface area (Å²) in [5, 5.41) is 11.6. The molecule has 4 N–H and O–H groups in total. The van der Waals surface area contributed by atoms with Crippen LogP contribution < -0.4 is 11.1 Å². The number of carbonyl (C=O) groups excluding carboxylic acids is 1. The molecule has 0 aliphatic rings. The molecule has 0 aliphatic carbocycles. The average molecular weight is 269 g/mol. The maximum Gasteiger partial charge on any atom is 0.326 e. The summed E-state index contributed by atoms with van der Waals surface area (Å²) in [4.78, 5) is 22.7. The van der Waals surface area contributed by atoms with Crippen LogP contribution in [0.15, 0.2) is 30.9 Å². The SMILES string of the molecule is C=CCC(NC(=O)c1cc(N)cc(Cl)c1)C(=O)O. The minimum Gasteiger partial charge on any atom is -0.480 e. The third-order valence-electron chi connectivity index (χ3n) is 2.19. The lowest BCUT2D eigenvalue weighted by molar-refractivity contribution is -0.139. The summed E-state index contributed by atoms with van der Waals surface area (Å²) in [6.07, 6.45) is 1.56. The van der Waals surface area contributed by atoms with E-state index >= 15 is 0 Å². The van der Waals surface area contributed by atoms with E-state index in [9.17, 15) is 9.59 Å². The first-order valence-electron chi connectivity index (χ1n) is 5.14. The molecule has 18 heavy (non-hydrogen) atoms. The lowest BCUT2D eigenvalue weighted by Gasteiger charge is -2.12. The molecular weight excluding hydrogens is 256 g/mol. The van der Waals surface area contributed by atoms with Crippen LogP contribution in [0.2, 0.25) is 5.02 Å². The molecule has 6 heteroatoms. The van der Waals surface area contributed by atoms with E-state index in [-0.39, 0.29) is 12.0 Å². The molecule has 0 heterocycles. The summed E-state index contributed by atoms with van der Waals surface area (Å²) in [5.74, 6) is -1.67. The molecule has 1 unspecified atom stereocenters. The number of carboxylic acid groups (broad SMARTS) is 1. The van der Waals surface area contributed by atoms with Crippen LogP contribution in [0.25, 0.3) is 0 Å². The molecule has 0 bridgehead atoms. The molecule has 0 aromatic heterocycles. The Bertz CT molecular complexity index is 468. The molecule has 0 radical (unpaired) electrons. The summed E-state index contributed by atoms with van der Waals surface area (Å²) in [6.45, 7) is 3.44. The van der Waals surface area contributed by atoms with E-state index < -0.39 is 17.9 Å². The summed E-state index contributed by atoms with van der Waals surface area (Å²) in [7, 11) is 0. The lowest BCUT2D eigenvalue weighted by Crippen LogP contribution is -2.40. The Kier molecular flexibility index (Phi) is 4.74. The smallest absolute Gasteiger partial charge is 0.326 e. The number of carbonyl (C=O) groups is 2. The number of amides is 1. The van der Waals surface area contributed by atoms with Crippen molar-refractivity contribution in [2.45, 2.75) is 12.5 Å². The second-order valence-corrected chi connectivity index (χ2v) is 4.10. The van der Waals surface area contributed by atoms with Gasteiger partial charge in [-0.1, -0.05) is 17.7 Å². The zero-order valence-corrected chi connectivity index (χ0v) is 10.3. The number of nitrogens with one attached hydrogen (secondary N) is 1. The van der Waals surface area contributed by atoms with Gasteiger partial charge in [-0.05, 0) is 24.6 Å². The normalized spacial score (nSPS) is 11.6. The first kappa shape index (κ1) is 14.1. The molecule has 1 aromatic carbocycles. The van der Waals surface area contributed by atoms with E-state index in [1.807, 2.05) is 0 Å². The highest BCUT2D eigenvalue weighted by molar-refractivity contribution is 6.31. The van der Waals surface area contributed by atoms with E-state index in [1.165, 1.54) is 24.3 Å². The summed E-state index contributed by atoms with van der Waals surface area (Å²) < 4.78 is 0. The monoisotopic (exact) mass is 268 g/mol. The number of benzene rings is 1. The Balaban J connectivity index is 2.86. The molecule has 1 atom stereocenters. The topological polar surface area (TPSA) is 92.4 Å². The fourth-order valence-electron chi connectivity index (χ4n) is 1.37. The van der Waals surface area contributed by atoms with Gasteiger partial charge in [0, 0.05) is 16.3 Å². The zero-order chi connectivity index (χ0) is 13.7. The quantitative estimate of drug-likeness (QED) is 0.560. The fourth-order valence-corrected chi connectivity index (χ4v) is 1.62. The molecule has 1 amide bonds. The maximum absolute atomic E-state index is 11.8. The summed E-state index contributed by atoms with van der Waals surface area (Å²) in [6, 6.07) is 3.32. The zero-order valence-electron chi connectivity index (χ0n) is 9.52. The maximum atomic E-state index is 11.8. The van der Waals surface area contributed by atoms with Crippen molar-refractivity contribution in [3.63, 3.8) is 0 Å². The van der Waals surface area contributed by atoms with Crippen molar-refractivity contribution in [2.24, 2.45) is 0 Å². The van der Waals surface area contributed by atoms with E-state index in [4.69, 9.17) is 22.4 Å². The first-order chi connectivity index (χ1) is 8.43. The van der Waals surface area contributed by atoms with E-state index in [0.29, 0.717) is 10.7 Å². The molecule has 1 rings (SSSR count). The second-order valence-electron chi connectivity index (χ2n) is 3.66. The number of carboxylic acids is 1. The number of anilines is 1. The lowest BCUT2D eigenvalue weighted by atomic mass is 10.1. The van der Waals surface area contributed by atoms with Gasteiger partial charge in [0.05, 0.1) is 0 Å². The molecule has 0 saturated heterocycles. The van der Waals surface area contributed by atoms with Crippen LogP contribution in [0.5, 0.6) is 0 Å². The predicted molar refractivity (Wildman–Crippen MR) is 69.6 cm³/mol. The third-order valence-corrected chi connectivity index (χ3v) is 2.41. The van der Waals surface area contributed by atoms with Crippen LogP contribution >= 0.6 is 11.6 Å². The van der Waals surface area contributed by atoms with Crippen molar-refractivity contribution < 1.29 is 14.7 Å². The van der Waals surface area contributed by atoms with Gasteiger partial charge >= 0.3 is 5.97 Å². The highest BCUT2D eigenvalue weighted by atomic mass is 35.5. The standard InChI is InChI=1S/C12H13ClN2O3/c1-2-3-10(12(17)18)15-11(16)7-4-8(13)6-9(14)5-7/h2,4-6,10H,1,3,14H2,(H,15,16)(H,17,18). The molecule has 0 spiro atoms. The van der Waals surface area contributed by atoms with E-state index in [2.05, 4.69) is 11.9 Å². The minimum absolute atomic E-state index is 0.136. The Morgan fingerprint density at radius 1 is 1.50 bits per heavy atom. The van der Waals surface area contributed by atoms with Gasteiger partial charge in [-0.25, -0.2) is 4.79 Å². The number of halogens is 1. The van der Waals surface area contributed by atoms with Gasteiger partial charge in [0.25, 0.3) is 5.91 Å². The summed E-state index contributed by atoms with van der Waals surface area (Å²) in [5.41, 5.74) is 6.10. The Morgan fingerprint density at radius 2 is 2.17 bits per heavy atom. The number of nitrogen functional groups attached to an aromatic ring is 1. The van der Waals surface area contributed by atoms with Crippen molar-refractivity contribution in [3.8, 4) is 0 Å². The van der Waals surface area contributed by atoms with Gasteiger partial charge in [0.2, 0.25) is 0 Å². The molecule has 0 aliphatic heterocycles. The molecule has 1 aromatic rings. The number of hydrogen-bond donors (Lipinski definition) is 3. The Hall–Kier alpha value is -2.01. The van der Waals surface area contributed by atoms with Gasteiger partial charge in [0.1, 0.15) is 6.04 Å². The van der Waals surface area contributed by atoms with Crippen molar-refractivity contribution in [3.05, 3.63) is 41.4 Å². The molecule has 0 fully saturated rings.